The van der Waals surface area contributed by atoms with Gasteiger partial charge in [0.2, 0.25) is 0 Å². The fourth-order valence-corrected chi connectivity index (χ4v) is 4.10. The van der Waals surface area contributed by atoms with Crippen molar-refractivity contribution in [2.45, 2.75) is 20.0 Å². The zero-order valence-corrected chi connectivity index (χ0v) is 20.5. The van der Waals surface area contributed by atoms with E-state index in [9.17, 15) is 18.0 Å². The molecule has 38 heavy (non-hydrogen) atoms. The minimum Gasteiger partial charge on any atom is -0.322 e. The standard InChI is InChI=1S/C29H22F3N5O/c1-18-5-7-20(11-26(18)29(30,31)32)28(38)36-25-8-6-19(2)27(12-25)37-17-24(16-35-37)23-10-22(14-34-15-23)21-4-3-9-33-13-21/h3-17H,1-2H3,(H,36,38). The van der Waals surface area contributed by atoms with E-state index in [1.54, 1.807) is 47.8 Å². The van der Waals surface area contributed by atoms with Gasteiger partial charge in [0, 0.05) is 64.5 Å². The number of pyridine rings is 2. The van der Waals surface area contributed by atoms with E-state index in [1.165, 1.54) is 19.1 Å². The molecule has 0 bridgehead atoms. The molecule has 0 aliphatic heterocycles. The van der Waals surface area contributed by atoms with Crippen LogP contribution in [-0.4, -0.2) is 25.7 Å². The van der Waals surface area contributed by atoms with Crippen molar-refractivity contribution in [2.24, 2.45) is 0 Å². The smallest absolute Gasteiger partial charge is 0.322 e. The highest BCUT2D eigenvalue weighted by Gasteiger charge is 2.33. The maximum absolute atomic E-state index is 13.3. The Kier molecular flexibility index (Phi) is 6.50. The first-order valence-electron chi connectivity index (χ1n) is 11.7. The summed E-state index contributed by atoms with van der Waals surface area (Å²) < 4.78 is 41.6. The van der Waals surface area contributed by atoms with Crippen LogP contribution in [0.4, 0.5) is 18.9 Å². The van der Waals surface area contributed by atoms with Gasteiger partial charge in [0.05, 0.1) is 17.4 Å². The Morgan fingerprint density at radius 1 is 0.816 bits per heavy atom. The van der Waals surface area contributed by atoms with Gasteiger partial charge in [-0.3, -0.25) is 14.8 Å². The van der Waals surface area contributed by atoms with E-state index >= 15 is 0 Å². The largest absolute Gasteiger partial charge is 0.416 e. The van der Waals surface area contributed by atoms with Gasteiger partial charge in [0.25, 0.3) is 5.91 Å². The summed E-state index contributed by atoms with van der Waals surface area (Å²) in [6.45, 7) is 3.27. The molecular formula is C29H22F3N5O. The molecule has 0 atom stereocenters. The zero-order chi connectivity index (χ0) is 26.9. The van der Waals surface area contributed by atoms with Crippen LogP contribution in [0.2, 0.25) is 0 Å². The maximum Gasteiger partial charge on any atom is 0.416 e. The van der Waals surface area contributed by atoms with Crippen molar-refractivity contribution in [3.05, 3.63) is 114 Å². The minimum atomic E-state index is -4.54. The van der Waals surface area contributed by atoms with Crippen LogP contribution in [0.1, 0.15) is 27.0 Å². The van der Waals surface area contributed by atoms with Crippen LogP contribution in [0, 0.1) is 13.8 Å². The van der Waals surface area contributed by atoms with Crippen molar-refractivity contribution >= 4 is 11.6 Å². The molecule has 3 aromatic heterocycles. The molecule has 5 aromatic rings. The van der Waals surface area contributed by atoms with Crippen LogP contribution >= 0.6 is 0 Å². The van der Waals surface area contributed by atoms with Gasteiger partial charge in [-0.1, -0.05) is 18.2 Å². The number of rotatable bonds is 5. The third-order valence-corrected chi connectivity index (χ3v) is 6.17. The quantitative estimate of drug-likeness (QED) is 0.278. The van der Waals surface area contributed by atoms with Crippen molar-refractivity contribution in [1.29, 1.82) is 0 Å². The molecule has 3 heterocycles. The Labute approximate surface area is 216 Å². The summed E-state index contributed by atoms with van der Waals surface area (Å²) in [5, 5.41) is 7.19. The number of benzene rings is 2. The van der Waals surface area contributed by atoms with Crippen molar-refractivity contribution in [3.8, 4) is 27.9 Å². The van der Waals surface area contributed by atoms with Gasteiger partial charge in [-0.05, 0) is 61.4 Å². The summed E-state index contributed by atoms with van der Waals surface area (Å²) in [6, 6.07) is 14.6. The lowest BCUT2D eigenvalue weighted by Crippen LogP contribution is -2.15. The molecule has 2 aromatic carbocycles. The average molecular weight is 514 g/mol. The molecule has 0 aliphatic rings. The van der Waals surface area contributed by atoms with Gasteiger partial charge < -0.3 is 5.32 Å². The second-order valence-corrected chi connectivity index (χ2v) is 8.86. The fourth-order valence-electron chi connectivity index (χ4n) is 4.10. The third-order valence-electron chi connectivity index (χ3n) is 6.17. The van der Waals surface area contributed by atoms with Gasteiger partial charge in [0.15, 0.2) is 0 Å². The highest BCUT2D eigenvalue weighted by molar-refractivity contribution is 6.04. The van der Waals surface area contributed by atoms with Gasteiger partial charge >= 0.3 is 6.18 Å². The summed E-state index contributed by atoms with van der Waals surface area (Å²) in [4.78, 5) is 21.3. The van der Waals surface area contributed by atoms with Crippen LogP contribution in [0.25, 0.3) is 27.9 Å². The lowest BCUT2D eigenvalue weighted by atomic mass is 10.0. The molecule has 1 amide bonds. The molecular weight excluding hydrogens is 491 g/mol. The lowest BCUT2D eigenvalue weighted by molar-refractivity contribution is -0.138. The molecule has 0 fully saturated rings. The molecule has 0 aliphatic carbocycles. The fraction of sp³-hybridized carbons (Fsp3) is 0.103. The van der Waals surface area contributed by atoms with E-state index in [0.717, 1.165) is 33.9 Å². The van der Waals surface area contributed by atoms with Gasteiger partial charge in [0.1, 0.15) is 0 Å². The Hall–Kier alpha value is -4.79. The number of alkyl halides is 3. The van der Waals surface area contributed by atoms with E-state index < -0.39 is 17.6 Å². The zero-order valence-electron chi connectivity index (χ0n) is 20.5. The molecule has 0 saturated heterocycles. The topological polar surface area (TPSA) is 72.7 Å². The van der Waals surface area contributed by atoms with Crippen LogP contribution in [0.5, 0.6) is 0 Å². The van der Waals surface area contributed by atoms with Crippen LogP contribution < -0.4 is 5.32 Å². The highest BCUT2D eigenvalue weighted by atomic mass is 19.4. The molecule has 5 rings (SSSR count). The number of amides is 1. The van der Waals surface area contributed by atoms with Gasteiger partial charge in [-0.15, -0.1) is 0 Å². The summed E-state index contributed by atoms with van der Waals surface area (Å²) in [7, 11) is 0. The summed E-state index contributed by atoms with van der Waals surface area (Å²) in [6.07, 6.45) is 6.04. The van der Waals surface area contributed by atoms with Gasteiger partial charge in [-0.2, -0.15) is 18.3 Å². The molecule has 0 saturated carbocycles. The number of hydrogen-bond donors (Lipinski definition) is 1. The van der Waals surface area contributed by atoms with Gasteiger partial charge in [-0.25, -0.2) is 4.68 Å². The Morgan fingerprint density at radius 2 is 1.55 bits per heavy atom. The number of carbonyl (C=O) groups excluding carboxylic acids is 1. The predicted octanol–water partition coefficient (Wildman–Crippen LogP) is 6.88. The number of halogens is 3. The number of aromatic nitrogens is 4. The van der Waals surface area contributed by atoms with Crippen LogP contribution in [0.3, 0.4) is 0 Å². The molecule has 1 N–H and O–H groups in total. The molecule has 0 radical (unpaired) electrons. The molecule has 6 nitrogen and oxygen atoms in total. The van der Waals surface area contributed by atoms with Crippen molar-refractivity contribution in [2.75, 3.05) is 5.32 Å². The maximum atomic E-state index is 13.3. The van der Waals surface area contributed by atoms with Crippen LogP contribution in [-0.2, 0) is 6.18 Å². The number of carbonyl (C=O) groups is 1. The minimum absolute atomic E-state index is 0.0577. The van der Waals surface area contributed by atoms with E-state index in [1.807, 2.05) is 37.4 Å². The number of anilines is 1. The Bertz CT molecular complexity index is 1630. The second kappa shape index (κ2) is 9.93. The van der Waals surface area contributed by atoms with Crippen molar-refractivity contribution < 1.29 is 18.0 Å². The number of nitrogens with zero attached hydrogens (tertiary/aromatic N) is 4. The predicted molar refractivity (Wildman–Crippen MR) is 139 cm³/mol. The number of aryl methyl sites for hydroxylation is 2. The Morgan fingerprint density at radius 3 is 2.29 bits per heavy atom. The van der Waals surface area contributed by atoms with E-state index in [-0.39, 0.29) is 11.1 Å². The molecule has 9 heteroatoms. The summed E-state index contributed by atoms with van der Waals surface area (Å²) >= 11 is 0. The van der Waals surface area contributed by atoms with E-state index in [2.05, 4.69) is 20.4 Å². The van der Waals surface area contributed by atoms with Crippen LogP contribution in [0.15, 0.2) is 91.8 Å². The normalized spacial score (nSPS) is 11.4. The first-order chi connectivity index (χ1) is 18.2. The SMILES string of the molecule is Cc1ccc(NC(=O)c2ccc(C)c(C(F)(F)F)c2)cc1-n1cc(-c2cncc(-c3cccnc3)c2)cn1. The monoisotopic (exact) mass is 513 g/mol. The molecule has 190 valence electrons. The average Bonchev–Trinajstić information content (AvgIpc) is 3.40. The number of nitrogens with one attached hydrogen (secondary N) is 1. The van der Waals surface area contributed by atoms with Crippen molar-refractivity contribution in [1.82, 2.24) is 19.7 Å². The van der Waals surface area contributed by atoms with E-state index in [0.29, 0.717) is 11.4 Å². The second-order valence-electron chi connectivity index (χ2n) is 8.86. The molecule has 0 unspecified atom stereocenters. The van der Waals surface area contributed by atoms with Crippen molar-refractivity contribution in [3.63, 3.8) is 0 Å². The first-order valence-corrected chi connectivity index (χ1v) is 11.7. The Balaban J connectivity index is 1.40. The first kappa shape index (κ1) is 24.9. The molecule has 0 spiro atoms. The third kappa shape index (κ3) is 5.17. The summed E-state index contributed by atoms with van der Waals surface area (Å²) in [5.41, 5.74) is 4.78. The summed E-state index contributed by atoms with van der Waals surface area (Å²) in [5.74, 6) is -0.634. The number of hydrogen-bond acceptors (Lipinski definition) is 4. The lowest BCUT2D eigenvalue weighted by Gasteiger charge is -2.13. The van der Waals surface area contributed by atoms with E-state index in [4.69, 9.17) is 0 Å². The highest BCUT2D eigenvalue weighted by Crippen LogP contribution is 2.33.